The largest absolute Gasteiger partial charge is 0.465 e. The Hall–Kier alpha value is -2.08. The Morgan fingerprint density at radius 1 is 1.30 bits per heavy atom. The predicted molar refractivity (Wildman–Crippen MR) is 79.0 cm³/mol. The average Bonchev–Trinajstić information content (AvgIpc) is 2.86. The molecular weight excluding hydrogens is 324 g/mol. The van der Waals surface area contributed by atoms with E-state index in [0.29, 0.717) is 16.9 Å². The molecule has 6 heteroatoms. The number of rotatable bonds is 3. The molecule has 2 aromatic rings. The molecule has 0 aliphatic rings. The first-order valence-electron chi connectivity index (χ1n) is 5.85. The van der Waals surface area contributed by atoms with E-state index in [1.54, 1.807) is 24.4 Å². The zero-order valence-corrected chi connectivity index (χ0v) is 12.6. The van der Waals surface area contributed by atoms with E-state index in [-0.39, 0.29) is 5.91 Å². The SMILES string of the molecule is COC(=O)c1cc(C)ccc1NC(=O)c1cc(Br)c[nH]1. The molecule has 20 heavy (non-hydrogen) atoms. The van der Waals surface area contributed by atoms with Crippen molar-refractivity contribution in [1.82, 2.24) is 4.98 Å². The summed E-state index contributed by atoms with van der Waals surface area (Å²) in [6.45, 7) is 1.86. The number of nitrogens with one attached hydrogen (secondary N) is 2. The van der Waals surface area contributed by atoms with Crippen molar-refractivity contribution in [3.05, 3.63) is 51.8 Å². The van der Waals surface area contributed by atoms with Gasteiger partial charge in [-0.15, -0.1) is 0 Å². The standard InChI is InChI=1S/C14H13BrN2O3/c1-8-3-4-11(10(5-8)14(19)20-2)17-13(18)12-6-9(15)7-16-12/h3-7,16H,1-2H3,(H,17,18). The molecule has 0 atom stereocenters. The lowest BCUT2D eigenvalue weighted by Crippen LogP contribution is -2.15. The zero-order valence-electron chi connectivity index (χ0n) is 11.0. The molecule has 0 unspecified atom stereocenters. The molecule has 0 spiro atoms. The molecular formula is C14H13BrN2O3. The van der Waals surface area contributed by atoms with Crippen molar-refractivity contribution in [3.63, 3.8) is 0 Å². The molecule has 0 saturated heterocycles. The van der Waals surface area contributed by atoms with Crippen molar-refractivity contribution in [2.75, 3.05) is 12.4 Å². The Morgan fingerprint density at radius 3 is 2.65 bits per heavy atom. The first kappa shape index (κ1) is 14.3. The number of anilines is 1. The number of hydrogen-bond donors (Lipinski definition) is 2. The Bertz CT molecular complexity index is 664. The van der Waals surface area contributed by atoms with Crippen LogP contribution >= 0.6 is 15.9 Å². The van der Waals surface area contributed by atoms with Crippen molar-refractivity contribution in [2.45, 2.75) is 6.92 Å². The number of hydrogen-bond acceptors (Lipinski definition) is 3. The summed E-state index contributed by atoms with van der Waals surface area (Å²) in [7, 11) is 1.30. The van der Waals surface area contributed by atoms with E-state index < -0.39 is 5.97 Å². The van der Waals surface area contributed by atoms with Gasteiger partial charge < -0.3 is 15.0 Å². The number of aromatic nitrogens is 1. The number of halogens is 1. The maximum Gasteiger partial charge on any atom is 0.339 e. The van der Waals surface area contributed by atoms with E-state index in [4.69, 9.17) is 4.74 Å². The normalized spacial score (nSPS) is 10.2. The minimum atomic E-state index is -0.489. The summed E-state index contributed by atoms with van der Waals surface area (Å²) in [5.74, 6) is -0.818. The number of carbonyl (C=O) groups is 2. The summed E-state index contributed by atoms with van der Waals surface area (Å²) in [5, 5.41) is 2.69. The molecule has 104 valence electrons. The second kappa shape index (κ2) is 5.92. The number of esters is 1. The van der Waals surface area contributed by atoms with Crippen LogP contribution in [0.2, 0.25) is 0 Å². The maximum atomic E-state index is 12.1. The third-order valence-electron chi connectivity index (χ3n) is 2.72. The van der Waals surface area contributed by atoms with Gasteiger partial charge >= 0.3 is 5.97 Å². The summed E-state index contributed by atoms with van der Waals surface area (Å²) in [6.07, 6.45) is 1.66. The van der Waals surface area contributed by atoms with Gasteiger partial charge in [-0.25, -0.2) is 4.79 Å². The number of ether oxygens (including phenoxy) is 1. The van der Waals surface area contributed by atoms with Crippen LogP contribution in [0.3, 0.4) is 0 Å². The summed E-state index contributed by atoms with van der Waals surface area (Å²) in [5.41, 5.74) is 2.05. The Balaban J connectivity index is 2.29. The van der Waals surface area contributed by atoms with Crippen LogP contribution in [0.4, 0.5) is 5.69 Å². The molecule has 1 aromatic heterocycles. The highest BCUT2D eigenvalue weighted by atomic mass is 79.9. The van der Waals surface area contributed by atoms with Crippen LogP contribution in [0.5, 0.6) is 0 Å². The van der Waals surface area contributed by atoms with E-state index in [2.05, 4.69) is 26.2 Å². The van der Waals surface area contributed by atoms with Crippen LogP contribution in [0.25, 0.3) is 0 Å². The number of H-pyrrole nitrogens is 1. The molecule has 0 saturated carbocycles. The lowest BCUT2D eigenvalue weighted by atomic mass is 10.1. The van der Waals surface area contributed by atoms with Gasteiger partial charge in [0.05, 0.1) is 18.4 Å². The van der Waals surface area contributed by atoms with Gasteiger partial charge in [0.1, 0.15) is 5.69 Å². The first-order valence-corrected chi connectivity index (χ1v) is 6.65. The number of carbonyl (C=O) groups excluding carboxylic acids is 2. The average molecular weight is 337 g/mol. The van der Waals surface area contributed by atoms with Gasteiger partial charge in [-0.3, -0.25) is 4.79 Å². The van der Waals surface area contributed by atoms with E-state index >= 15 is 0 Å². The topological polar surface area (TPSA) is 71.2 Å². The second-order valence-electron chi connectivity index (χ2n) is 4.23. The quantitative estimate of drug-likeness (QED) is 0.846. The predicted octanol–water partition coefficient (Wildman–Crippen LogP) is 3.12. The van der Waals surface area contributed by atoms with Crippen LogP contribution in [0, 0.1) is 6.92 Å². The fourth-order valence-corrected chi connectivity index (χ4v) is 2.08. The molecule has 1 amide bonds. The van der Waals surface area contributed by atoms with E-state index in [1.807, 2.05) is 13.0 Å². The lowest BCUT2D eigenvalue weighted by molar-refractivity contribution is 0.0602. The smallest absolute Gasteiger partial charge is 0.339 e. The van der Waals surface area contributed by atoms with Gasteiger partial charge in [0.25, 0.3) is 5.91 Å². The highest BCUT2D eigenvalue weighted by molar-refractivity contribution is 9.10. The fourth-order valence-electron chi connectivity index (χ4n) is 1.73. The number of aromatic amines is 1. The van der Waals surface area contributed by atoms with E-state index in [9.17, 15) is 9.59 Å². The number of amides is 1. The zero-order chi connectivity index (χ0) is 14.7. The van der Waals surface area contributed by atoms with Gasteiger partial charge in [0.2, 0.25) is 0 Å². The van der Waals surface area contributed by atoms with E-state index in [0.717, 1.165) is 10.0 Å². The Morgan fingerprint density at radius 2 is 2.05 bits per heavy atom. The van der Waals surface area contributed by atoms with Crippen LogP contribution in [0.1, 0.15) is 26.4 Å². The molecule has 0 radical (unpaired) electrons. The molecule has 2 N–H and O–H groups in total. The highest BCUT2D eigenvalue weighted by Gasteiger charge is 2.15. The summed E-state index contributed by atoms with van der Waals surface area (Å²) in [4.78, 5) is 26.6. The minimum Gasteiger partial charge on any atom is -0.465 e. The third-order valence-corrected chi connectivity index (χ3v) is 3.18. The van der Waals surface area contributed by atoms with Crippen molar-refractivity contribution in [3.8, 4) is 0 Å². The van der Waals surface area contributed by atoms with Gasteiger partial charge in [0.15, 0.2) is 0 Å². The van der Waals surface area contributed by atoms with E-state index in [1.165, 1.54) is 7.11 Å². The van der Waals surface area contributed by atoms with Crippen molar-refractivity contribution < 1.29 is 14.3 Å². The van der Waals surface area contributed by atoms with Gasteiger partial charge in [-0.1, -0.05) is 11.6 Å². The van der Waals surface area contributed by atoms with Crippen molar-refractivity contribution >= 4 is 33.5 Å². The Kier molecular flexibility index (Phi) is 4.24. The maximum absolute atomic E-state index is 12.1. The number of methoxy groups -OCH3 is 1. The molecule has 0 bridgehead atoms. The summed E-state index contributed by atoms with van der Waals surface area (Å²) in [6, 6.07) is 6.82. The van der Waals surface area contributed by atoms with Gasteiger partial charge in [0, 0.05) is 10.7 Å². The van der Waals surface area contributed by atoms with Crippen molar-refractivity contribution in [2.24, 2.45) is 0 Å². The summed E-state index contributed by atoms with van der Waals surface area (Å²) >= 11 is 3.26. The number of aryl methyl sites for hydroxylation is 1. The minimum absolute atomic E-state index is 0.325. The third kappa shape index (κ3) is 3.08. The van der Waals surface area contributed by atoms with Crippen LogP contribution in [-0.4, -0.2) is 24.0 Å². The summed E-state index contributed by atoms with van der Waals surface area (Å²) < 4.78 is 5.50. The molecule has 0 fully saturated rings. The fraction of sp³-hybridized carbons (Fsp3) is 0.143. The lowest BCUT2D eigenvalue weighted by Gasteiger charge is -2.10. The Labute approximate surface area is 124 Å². The van der Waals surface area contributed by atoms with Gasteiger partial charge in [-0.2, -0.15) is 0 Å². The first-order chi connectivity index (χ1) is 9.51. The molecule has 5 nitrogen and oxygen atoms in total. The number of benzene rings is 1. The molecule has 1 heterocycles. The molecule has 0 aliphatic carbocycles. The van der Waals surface area contributed by atoms with Crippen LogP contribution in [-0.2, 0) is 4.74 Å². The van der Waals surface area contributed by atoms with Crippen molar-refractivity contribution in [1.29, 1.82) is 0 Å². The van der Waals surface area contributed by atoms with Gasteiger partial charge in [-0.05, 0) is 41.1 Å². The van der Waals surface area contributed by atoms with Crippen LogP contribution in [0.15, 0.2) is 34.9 Å². The van der Waals surface area contributed by atoms with Crippen LogP contribution < -0.4 is 5.32 Å². The highest BCUT2D eigenvalue weighted by Crippen LogP contribution is 2.20. The molecule has 1 aromatic carbocycles. The molecule has 0 aliphatic heterocycles. The second-order valence-corrected chi connectivity index (χ2v) is 5.14. The molecule has 2 rings (SSSR count). The monoisotopic (exact) mass is 336 g/mol.